The molecule has 10 atom stereocenters. The standard InChI is InChI=1S/C32H46O7/c1-19-8-7-9-24-18-36-29-28(35-6)22(4)15-27(32(24,29)34)30(33)37-26-16-25(11-10-20(2)14-19)39-31(17-26)13-12-21(3)23(5)38-31/h7-10,15,19,21,23,25-29,34H,11-14,16-18H2,1-6H3/b8-7+,20-10-,24-9-/t19-,21+,23-,25+,26+,27?,28+,29-,31+,32-/m0/s1. The van der Waals surface area contributed by atoms with Gasteiger partial charge in [-0.05, 0) is 63.0 Å². The molecule has 4 heterocycles. The predicted octanol–water partition coefficient (Wildman–Crippen LogP) is 5.19. The fourth-order valence-corrected chi connectivity index (χ4v) is 7.14. The molecule has 1 aliphatic carbocycles. The van der Waals surface area contributed by atoms with Crippen LogP contribution in [-0.4, -0.2) is 66.7 Å². The number of hydrogen-bond acceptors (Lipinski definition) is 7. The van der Waals surface area contributed by atoms with E-state index in [0.29, 0.717) is 30.3 Å². The average Bonchev–Trinajstić information content (AvgIpc) is 3.21. The van der Waals surface area contributed by atoms with Crippen LogP contribution in [-0.2, 0) is 28.5 Å². The fraction of sp³-hybridized carbons (Fsp3) is 0.719. The Morgan fingerprint density at radius 2 is 1.92 bits per heavy atom. The van der Waals surface area contributed by atoms with Crippen molar-refractivity contribution in [1.82, 2.24) is 0 Å². The normalized spacial score (nSPS) is 48.7. The quantitative estimate of drug-likeness (QED) is 0.361. The summed E-state index contributed by atoms with van der Waals surface area (Å²) in [6, 6.07) is 0. The molecule has 5 rings (SSSR count). The van der Waals surface area contributed by atoms with Crippen molar-refractivity contribution in [1.29, 1.82) is 0 Å². The molecule has 0 radical (unpaired) electrons. The molecule has 3 saturated heterocycles. The van der Waals surface area contributed by atoms with Gasteiger partial charge in [0.25, 0.3) is 0 Å². The van der Waals surface area contributed by atoms with Gasteiger partial charge in [-0.1, -0.05) is 49.8 Å². The van der Waals surface area contributed by atoms with Crippen LogP contribution < -0.4 is 0 Å². The summed E-state index contributed by atoms with van der Waals surface area (Å²) in [4.78, 5) is 13.9. The zero-order valence-electron chi connectivity index (χ0n) is 24.4. The number of fused-ring (bicyclic) bond motifs is 2. The smallest absolute Gasteiger partial charge is 0.316 e. The molecule has 1 spiro atoms. The largest absolute Gasteiger partial charge is 0.462 e. The first-order chi connectivity index (χ1) is 18.5. The van der Waals surface area contributed by atoms with E-state index >= 15 is 0 Å². The molecular formula is C32H46O7. The maximum Gasteiger partial charge on any atom is 0.316 e. The van der Waals surface area contributed by atoms with Crippen LogP contribution in [0.4, 0.5) is 0 Å². The minimum Gasteiger partial charge on any atom is -0.462 e. The highest BCUT2D eigenvalue weighted by Gasteiger charge is 2.60. The molecule has 2 bridgehead atoms. The summed E-state index contributed by atoms with van der Waals surface area (Å²) in [5.74, 6) is -1.33. The summed E-state index contributed by atoms with van der Waals surface area (Å²) < 4.78 is 31.3. The molecule has 0 aromatic carbocycles. The van der Waals surface area contributed by atoms with E-state index in [1.165, 1.54) is 5.57 Å². The van der Waals surface area contributed by atoms with Gasteiger partial charge in [0.15, 0.2) is 5.79 Å². The molecule has 0 saturated carbocycles. The van der Waals surface area contributed by atoms with E-state index in [1.54, 1.807) is 7.11 Å². The second-order valence-corrected chi connectivity index (χ2v) is 12.6. The van der Waals surface area contributed by atoms with Gasteiger partial charge in [0, 0.05) is 26.4 Å². The Morgan fingerprint density at radius 3 is 2.67 bits per heavy atom. The molecule has 216 valence electrons. The Hall–Kier alpha value is -1.77. The highest BCUT2D eigenvalue weighted by molar-refractivity contribution is 5.78. The average molecular weight is 543 g/mol. The van der Waals surface area contributed by atoms with Crippen molar-refractivity contribution < 1.29 is 33.6 Å². The maximum absolute atomic E-state index is 13.9. The zero-order chi connectivity index (χ0) is 27.9. The van der Waals surface area contributed by atoms with Crippen LogP contribution in [0.5, 0.6) is 0 Å². The number of carbonyl (C=O) groups is 1. The van der Waals surface area contributed by atoms with Gasteiger partial charge < -0.3 is 28.8 Å². The lowest BCUT2D eigenvalue weighted by molar-refractivity contribution is -0.332. The van der Waals surface area contributed by atoms with Crippen LogP contribution >= 0.6 is 0 Å². The summed E-state index contributed by atoms with van der Waals surface area (Å²) in [6.07, 6.45) is 13.1. The van der Waals surface area contributed by atoms with E-state index in [-0.39, 0.29) is 24.9 Å². The lowest BCUT2D eigenvalue weighted by Gasteiger charge is -2.49. The number of carbonyl (C=O) groups excluding carboxylic acids is 1. The Bertz CT molecular complexity index is 1060. The highest BCUT2D eigenvalue weighted by Crippen LogP contribution is 2.47. The van der Waals surface area contributed by atoms with E-state index in [9.17, 15) is 9.90 Å². The first-order valence-electron chi connectivity index (χ1n) is 14.7. The van der Waals surface area contributed by atoms with Crippen LogP contribution in [0, 0.1) is 17.8 Å². The fourth-order valence-electron chi connectivity index (χ4n) is 7.14. The van der Waals surface area contributed by atoms with Gasteiger partial charge >= 0.3 is 5.97 Å². The molecular weight excluding hydrogens is 496 g/mol. The van der Waals surface area contributed by atoms with E-state index in [0.717, 1.165) is 31.3 Å². The molecule has 39 heavy (non-hydrogen) atoms. The number of ether oxygens (including phenoxy) is 5. The predicted molar refractivity (Wildman–Crippen MR) is 148 cm³/mol. The maximum atomic E-state index is 13.9. The van der Waals surface area contributed by atoms with Gasteiger partial charge in [-0.2, -0.15) is 0 Å². The second-order valence-electron chi connectivity index (χ2n) is 12.6. The van der Waals surface area contributed by atoms with Gasteiger partial charge in [-0.15, -0.1) is 0 Å². The van der Waals surface area contributed by atoms with Gasteiger partial charge in [0.05, 0.1) is 18.8 Å². The van der Waals surface area contributed by atoms with E-state index in [4.69, 9.17) is 23.7 Å². The summed E-state index contributed by atoms with van der Waals surface area (Å²) in [5, 5.41) is 12.2. The van der Waals surface area contributed by atoms with Crippen molar-refractivity contribution >= 4 is 5.97 Å². The molecule has 7 nitrogen and oxygen atoms in total. The lowest BCUT2D eigenvalue weighted by atomic mass is 9.70. The van der Waals surface area contributed by atoms with Crippen LogP contribution in [0.3, 0.4) is 0 Å². The highest BCUT2D eigenvalue weighted by atomic mass is 16.7. The van der Waals surface area contributed by atoms with E-state index in [2.05, 4.69) is 39.8 Å². The molecule has 1 N–H and O–H groups in total. The minimum absolute atomic E-state index is 0.0660. The van der Waals surface area contributed by atoms with Gasteiger partial charge in [0.1, 0.15) is 29.8 Å². The summed E-state index contributed by atoms with van der Waals surface area (Å²) in [7, 11) is 1.61. The van der Waals surface area contributed by atoms with Crippen molar-refractivity contribution in [2.75, 3.05) is 13.7 Å². The van der Waals surface area contributed by atoms with Crippen molar-refractivity contribution in [3.05, 3.63) is 47.1 Å². The van der Waals surface area contributed by atoms with Gasteiger partial charge in [-0.3, -0.25) is 4.79 Å². The summed E-state index contributed by atoms with van der Waals surface area (Å²) >= 11 is 0. The Balaban J connectivity index is 1.52. The van der Waals surface area contributed by atoms with Crippen molar-refractivity contribution in [2.24, 2.45) is 17.8 Å². The van der Waals surface area contributed by atoms with E-state index < -0.39 is 35.5 Å². The molecule has 3 fully saturated rings. The third kappa shape index (κ3) is 5.58. The lowest BCUT2D eigenvalue weighted by Crippen LogP contribution is -2.58. The topological polar surface area (TPSA) is 83.5 Å². The molecule has 5 aliphatic rings. The SMILES string of the molecule is CO[C@@H]1C(C)=CC2C(=O)O[C@@H]3C[C@@H](C/C=C(/C)C[C@@H](C)/C=C/C=C4/CO[C@@H]1[C@]42O)O[C@]1(CC[C@@H](C)[C@H](C)O1)C3. The first kappa shape index (κ1) is 28.7. The first-order valence-corrected chi connectivity index (χ1v) is 14.7. The Kier molecular flexibility index (Phi) is 8.29. The minimum atomic E-state index is -1.55. The van der Waals surface area contributed by atoms with Crippen molar-refractivity contribution in [2.45, 2.75) is 115 Å². The van der Waals surface area contributed by atoms with Crippen LogP contribution in [0.25, 0.3) is 0 Å². The molecule has 0 amide bonds. The number of esters is 1. The molecule has 4 aliphatic heterocycles. The number of rotatable bonds is 1. The molecule has 0 aromatic rings. The monoisotopic (exact) mass is 542 g/mol. The Morgan fingerprint density at radius 1 is 1.13 bits per heavy atom. The van der Waals surface area contributed by atoms with E-state index in [1.807, 2.05) is 25.2 Å². The molecule has 0 aromatic heterocycles. The third-order valence-corrected chi connectivity index (χ3v) is 9.52. The van der Waals surface area contributed by atoms with Gasteiger partial charge in [-0.25, -0.2) is 0 Å². The van der Waals surface area contributed by atoms with Crippen LogP contribution in [0.2, 0.25) is 0 Å². The molecule has 7 heteroatoms. The van der Waals surface area contributed by atoms with Crippen LogP contribution in [0.15, 0.2) is 47.1 Å². The van der Waals surface area contributed by atoms with Crippen LogP contribution in [0.1, 0.15) is 73.1 Å². The summed E-state index contributed by atoms with van der Waals surface area (Å²) in [6.45, 7) is 10.8. The second kappa shape index (κ2) is 11.2. The van der Waals surface area contributed by atoms with Gasteiger partial charge in [0.2, 0.25) is 0 Å². The summed E-state index contributed by atoms with van der Waals surface area (Å²) in [5.41, 5.74) is 1.27. The van der Waals surface area contributed by atoms with Crippen molar-refractivity contribution in [3.63, 3.8) is 0 Å². The number of allylic oxidation sites excluding steroid dienone is 4. The number of hydrogen-bond donors (Lipinski definition) is 1. The third-order valence-electron chi connectivity index (χ3n) is 9.52. The number of methoxy groups -OCH3 is 1. The molecule has 1 unspecified atom stereocenters. The number of aliphatic hydroxyl groups is 1. The van der Waals surface area contributed by atoms with Crippen molar-refractivity contribution in [3.8, 4) is 0 Å². The zero-order valence-corrected chi connectivity index (χ0v) is 24.4. The Labute approximate surface area is 233 Å².